The second-order valence-electron chi connectivity index (χ2n) is 5.26. The number of anilines is 1. The van der Waals surface area contributed by atoms with Gasteiger partial charge in [-0.2, -0.15) is 0 Å². The SMILES string of the molecule is CCc1cc(N2CCC(N)C2)nc(-c2ccccc2)n1. The Labute approximate surface area is 119 Å². The number of hydrogen-bond donors (Lipinski definition) is 1. The maximum absolute atomic E-state index is 6.00. The number of rotatable bonds is 3. The van der Waals surface area contributed by atoms with E-state index in [9.17, 15) is 0 Å². The number of benzene rings is 1. The minimum absolute atomic E-state index is 0.259. The van der Waals surface area contributed by atoms with E-state index in [-0.39, 0.29) is 6.04 Å². The zero-order chi connectivity index (χ0) is 13.9. The van der Waals surface area contributed by atoms with Crippen molar-refractivity contribution in [3.05, 3.63) is 42.1 Å². The molecule has 1 fully saturated rings. The monoisotopic (exact) mass is 268 g/mol. The van der Waals surface area contributed by atoms with Crippen molar-refractivity contribution in [2.45, 2.75) is 25.8 Å². The van der Waals surface area contributed by atoms with Crippen LogP contribution in [0.15, 0.2) is 36.4 Å². The summed E-state index contributed by atoms with van der Waals surface area (Å²) in [7, 11) is 0. The predicted molar refractivity (Wildman–Crippen MR) is 81.7 cm³/mol. The van der Waals surface area contributed by atoms with E-state index in [1.165, 1.54) is 0 Å². The largest absolute Gasteiger partial charge is 0.355 e. The first-order valence-electron chi connectivity index (χ1n) is 7.20. The highest BCUT2D eigenvalue weighted by molar-refractivity contribution is 5.58. The minimum atomic E-state index is 0.259. The topological polar surface area (TPSA) is 55.0 Å². The van der Waals surface area contributed by atoms with Crippen LogP contribution in [0.1, 0.15) is 19.0 Å². The molecule has 1 saturated heterocycles. The molecular weight excluding hydrogens is 248 g/mol. The summed E-state index contributed by atoms with van der Waals surface area (Å²) in [5.74, 6) is 1.81. The molecule has 1 unspecified atom stereocenters. The van der Waals surface area contributed by atoms with Crippen LogP contribution in [0.25, 0.3) is 11.4 Å². The molecule has 1 aromatic heterocycles. The van der Waals surface area contributed by atoms with Gasteiger partial charge in [0.15, 0.2) is 5.82 Å². The lowest BCUT2D eigenvalue weighted by molar-refractivity contribution is 0.751. The van der Waals surface area contributed by atoms with Crippen LogP contribution in [-0.4, -0.2) is 29.1 Å². The summed E-state index contributed by atoms with van der Waals surface area (Å²) in [4.78, 5) is 11.6. The van der Waals surface area contributed by atoms with E-state index < -0.39 is 0 Å². The fourth-order valence-corrected chi connectivity index (χ4v) is 2.54. The Morgan fingerprint density at radius 2 is 2.05 bits per heavy atom. The van der Waals surface area contributed by atoms with Crippen molar-refractivity contribution in [3.8, 4) is 11.4 Å². The summed E-state index contributed by atoms with van der Waals surface area (Å²) in [5, 5.41) is 0. The van der Waals surface area contributed by atoms with Crippen molar-refractivity contribution in [1.29, 1.82) is 0 Å². The molecule has 2 N–H and O–H groups in total. The quantitative estimate of drug-likeness (QED) is 0.927. The average Bonchev–Trinajstić information content (AvgIpc) is 2.94. The molecule has 2 heterocycles. The molecular formula is C16H20N4. The third kappa shape index (κ3) is 2.65. The third-order valence-electron chi connectivity index (χ3n) is 3.71. The summed E-state index contributed by atoms with van der Waals surface area (Å²) < 4.78 is 0. The average molecular weight is 268 g/mol. The second-order valence-corrected chi connectivity index (χ2v) is 5.26. The van der Waals surface area contributed by atoms with Gasteiger partial charge in [-0.25, -0.2) is 9.97 Å². The first-order valence-corrected chi connectivity index (χ1v) is 7.20. The third-order valence-corrected chi connectivity index (χ3v) is 3.71. The van der Waals surface area contributed by atoms with Crippen LogP contribution in [0.5, 0.6) is 0 Å². The van der Waals surface area contributed by atoms with Crippen molar-refractivity contribution >= 4 is 5.82 Å². The Morgan fingerprint density at radius 3 is 2.70 bits per heavy atom. The maximum Gasteiger partial charge on any atom is 0.161 e. The molecule has 0 bridgehead atoms. The molecule has 0 aliphatic carbocycles. The van der Waals surface area contributed by atoms with Crippen LogP contribution in [-0.2, 0) is 6.42 Å². The van der Waals surface area contributed by atoms with Gasteiger partial charge in [0.2, 0.25) is 0 Å². The molecule has 2 aromatic rings. The number of hydrogen-bond acceptors (Lipinski definition) is 4. The van der Waals surface area contributed by atoms with Crippen LogP contribution < -0.4 is 10.6 Å². The summed E-state index contributed by atoms with van der Waals surface area (Å²) >= 11 is 0. The smallest absolute Gasteiger partial charge is 0.161 e. The van der Waals surface area contributed by atoms with Crippen LogP contribution in [0, 0.1) is 0 Å². The summed E-state index contributed by atoms with van der Waals surface area (Å²) in [5.41, 5.74) is 8.14. The van der Waals surface area contributed by atoms with Gasteiger partial charge in [-0.3, -0.25) is 0 Å². The Hall–Kier alpha value is -1.94. The maximum atomic E-state index is 6.00. The number of nitrogens with zero attached hydrogens (tertiary/aromatic N) is 3. The Morgan fingerprint density at radius 1 is 1.25 bits per heavy atom. The van der Waals surface area contributed by atoms with Crippen molar-refractivity contribution in [2.75, 3.05) is 18.0 Å². The summed E-state index contributed by atoms with van der Waals surface area (Å²) in [6.07, 6.45) is 1.95. The van der Waals surface area contributed by atoms with E-state index in [0.29, 0.717) is 0 Å². The highest BCUT2D eigenvalue weighted by Crippen LogP contribution is 2.23. The normalized spacial score (nSPS) is 18.5. The van der Waals surface area contributed by atoms with E-state index in [1.807, 2.05) is 30.3 Å². The van der Waals surface area contributed by atoms with E-state index in [2.05, 4.69) is 22.9 Å². The Bertz CT molecular complexity index is 582. The van der Waals surface area contributed by atoms with Gasteiger partial charge < -0.3 is 10.6 Å². The molecule has 0 radical (unpaired) electrons. The minimum Gasteiger partial charge on any atom is -0.355 e. The molecule has 4 nitrogen and oxygen atoms in total. The van der Waals surface area contributed by atoms with Crippen molar-refractivity contribution in [1.82, 2.24) is 9.97 Å². The molecule has 0 amide bonds. The molecule has 1 atom stereocenters. The van der Waals surface area contributed by atoms with Gasteiger partial charge in [-0.05, 0) is 12.8 Å². The molecule has 1 aromatic carbocycles. The van der Waals surface area contributed by atoms with Crippen molar-refractivity contribution in [2.24, 2.45) is 5.73 Å². The van der Waals surface area contributed by atoms with Gasteiger partial charge in [-0.1, -0.05) is 37.3 Å². The van der Waals surface area contributed by atoms with Crippen LogP contribution in [0.3, 0.4) is 0 Å². The van der Waals surface area contributed by atoms with Gasteiger partial charge in [0, 0.05) is 36.5 Å². The van der Waals surface area contributed by atoms with Crippen molar-refractivity contribution in [3.63, 3.8) is 0 Å². The zero-order valence-corrected chi connectivity index (χ0v) is 11.8. The van der Waals surface area contributed by atoms with Crippen LogP contribution in [0.2, 0.25) is 0 Å². The highest BCUT2D eigenvalue weighted by atomic mass is 15.2. The number of aromatic nitrogens is 2. The first kappa shape index (κ1) is 13.1. The predicted octanol–water partition coefficient (Wildman–Crippen LogP) is 2.24. The van der Waals surface area contributed by atoms with Gasteiger partial charge in [0.1, 0.15) is 5.82 Å². The first-order chi connectivity index (χ1) is 9.76. The summed E-state index contributed by atoms with van der Waals surface area (Å²) in [6, 6.07) is 12.5. The van der Waals surface area contributed by atoms with E-state index in [1.54, 1.807) is 0 Å². The van der Waals surface area contributed by atoms with Crippen LogP contribution >= 0.6 is 0 Å². The molecule has 0 spiro atoms. The molecule has 1 aliphatic heterocycles. The van der Waals surface area contributed by atoms with Crippen molar-refractivity contribution < 1.29 is 0 Å². The lowest BCUT2D eigenvalue weighted by atomic mass is 10.2. The van der Waals surface area contributed by atoms with E-state index in [0.717, 1.165) is 48.8 Å². The van der Waals surface area contributed by atoms with Crippen LogP contribution in [0.4, 0.5) is 5.82 Å². The van der Waals surface area contributed by atoms with Gasteiger partial charge in [-0.15, -0.1) is 0 Å². The van der Waals surface area contributed by atoms with E-state index in [4.69, 9.17) is 10.7 Å². The highest BCUT2D eigenvalue weighted by Gasteiger charge is 2.21. The molecule has 20 heavy (non-hydrogen) atoms. The number of aryl methyl sites for hydroxylation is 1. The lowest BCUT2D eigenvalue weighted by Gasteiger charge is -2.18. The Kier molecular flexibility index (Phi) is 3.65. The van der Waals surface area contributed by atoms with Gasteiger partial charge >= 0.3 is 0 Å². The summed E-state index contributed by atoms with van der Waals surface area (Å²) in [6.45, 7) is 3.99. The molecule has 1 aliphatic rings. The fourth-order valence-electron chi connectivity index (χ4n) is 2.54. The zero-order valence-electron chi connectivity index (χ0n) is 11.8. The molecule has 104 valence electrons. The molecule has 0 saturated carbocycles. The fraction of sp³-hybridized carbons (Fsp3) is 0.375. The van der Waals surface area contributed by atoms with E-state index >= 15 is 0 Å². The van der Waals surface area contributed by atoms with Gasteiger partial charge in [0.25, 0.3) is 0 Å². The molecule has 4 heteroatoms. The number of nitrogens with two attached hydrogens (primary N) is 1. The Balaban J connectivity index is 1.99. The standard InChI is InChI=1S/C16H20N4/c1-2-14-10-15(20-9-8-13(17)11-20)19-16(18-14)12-6-4-3-5-7-12/h3-7,10,13H,2,8-9,11,17H2,1H3. The second kappa shape index (κ2) is 5.59. The molecule has 3 rings (SSSR count). The lowest BCUT2D eigenvalue weighted by Crippen LogP contribution is -2.27. The van der Waals surface area contributed by atoms with Gasteiger partial charge in [0.05, 0.1) is 0 Å².